The monoisotopic (exact) mass is 248 g/mol. The second-order valence-corrected chi connectivity index (χ2v) is 4.29. The van der Waals surface area contributed by atoms with Crippen molar-refractivity contribution in [1.82, 2.24) is 0 Å². The van der Waals surface area contributed by atoms with Crippen LogP contribution in [-0.2, 0) is 6.61 Å². The molecule has 2 aromatic carbocycles. The molecule has 0 N–H and O–H groups in total. The van der Waals surface area contributed by atoms with Crippen LogP contribution in [0.25, 0.3) is 0 Å². The summed E-state index contributed by atoms with van der Waals surface area (Å²) in [6, 6.07) is 9.09. The lowest BCUT2D eigenvalue weighted by molar-refractivity contribution is 0.297. The minimum atomic E-state index is -0.462. The van der Waals surface area contributed by atoms with Crippen molar-refractivity contribution in [1.29, 1.82) is 0 Å². The normalized spacial score (nSPS) is 10.4. The molecule has 0 saturated carbocycles. The SMILES string of the molecule is Cc1ccc(OCc2cc(F)ccc2F)c(C)c1. The van der Waals surface area contributed by atoms with Crippen LogP contribution in [0, 0.1) is 25.5 Å². The van der Waals surface area contributed by atoms with Crippen LogP contribution in [0.4, 0.5) is 8.78 Å². The summed E-state index contributed by atoms with van der Waals surface area (Å²) in [5, 5.41) is 0. The highest BCUT2D eigenvalue weighted by Crippen LogP contribution is 2.20. The molecule has 3 heteroatoms. The molecule has 2 rings (SSSR count). The van der Waals surface area contributed by atoms with E-state index in [4.69, 9.17) is 4.74 Å². The molecule has 0 bridgehead atoms. The van der Waals surface area contributed by atoms with Gasteiger partial charge in [-0.25, -0.2) is 8.78 Å². The molecule has 0 radical (unpaired) electrons. The minimum Gasteiger partial charge on any atom is -0.489 e. The highest BCUT2D eigenvalue weighted by Gasteiger charge is 2.06. The Kier molecular flexibility index (Phi) is 3.60. The van der Waals surface area contributed by atoms with Crippen LogP contribution in [0.3, 0.4) is 0 Å². The highest BCUT2D eigenvalue weighted by molar-refractivity contribution is 5.35. The van der Waals surface area contributed by atoms with Gasteiger partial charge in [-0.05, 0) is 43.7 Å². The molecule has 0 aliphatic carbocycles. The fourth-order valence-corrected chi connectivity index (χ4v) is 1.77. The number of aryl methyl sites for hydroxylation is 2. The summed E-state index contributed by atoms with van der Waals surface area (Å²) < 4.78 is 31.9. The summed E-state index contributed by atoms with van der Waals surface area (Å²) >= 11 is 0. The zero-order chi connectivity index (χ0) is 13.1. The van der Waals surface area contributed by atoms with Gasteiger partial charge in [-0.15, -0.1) is 0 Å². The summed E-state index contributed by atoms with van der Waals surface area (Å²) in [4.78, 5) is 0. The smallest absolute Gasteiger partial charge is 0.130 e. The lowest BCUT2D eigenvalue weighted by Crippen LogP contribution is -2.00. The van der Waals surface area contributed by atoms with E-state index in [1.807, 2.05) is 32.0 Å². The molecule has 0 aromatic heterocycles. The highest BCUT2D eigenvalue weighted by atomic mass is 19.1. The van der Waals surface area contributed by atoms with Crippen LogP contribution in [0.15, 0.2) is 36.4 Å². The van der Waals surface area contributed by atoms with Crippen LogP contribution in [0.5, 0.6) is 5.75 Å². The van der Waals surface area contributed by atoms with Gasteiger partial charge in [0.15, 0.2) is 0 Å². The van der Waals surface area contributed by atoms with Crippen LogP contribution in [0.1, 0.15) is 16.7 Å². The predicted octanol–water partition coefficient (Wildman–Crippen LogP) is 4.16. The molecule has 0 fully saturated rings. The molecule has 0 aliphatic rings. The third-order valence-electron chi connectivity index (χ3n) is 2.72. The summed E-state index contributed by atoms with van der Waals surface area (Å²) in [7, 11) is 0. The molecule has 0 amide bonds. The van der Waals surface area contributed by atoms with Gasteiger partial charge in [0.25, 0.3) is 0 Å². The number of rotatable bonds is 3. The average Bonchev–Trinajstić information content (AvgIpc) is 2.32. The Morgan fingerprint density at radius 3 is 2.50 bits per heavy atom. The van der Waals surface area contributed by atoms with E-state index < -0.39 is 11.6 Å². The van der Waals surface area contributed by atoms with E-state index in [1.165, 1.54) is 0 Å². The fraction of sp³-hybridized carbons (Fsp3) is 0.200. The Labute approximate surface area is 105 Å². The van der Waals surface area contributed by atoms with Crippen molar-refractivity contribution >= 4 is 0 Å². The zero-order valence-corrected chi connectivity index (χ0v) is 10.3. The summed E-state index contributed by atoms with van der Waals surface area (Å²) in [5.41, 5.74) is 2.33. The largest absolute Gasteiger partial charge is 0.489 e. The van der Waals surface area contributed by atoms with Crippen molar-refractivity contribution in [2.45, 2.75) is 20.5 Å². The summed E-state index contributed by atoms with van der Waals surface area (Å²) in [6.07, 6.45) is 0. The van der Waals surface area contributed by atoms with E-state index in [2.05, 4.69) is 0 Å². The van der Waals surface area contributed by atoms with Crippen LogP contribution in [0.2, 0.25) is 0 Å². The van der Waals surface area contributed by atoms with Gasteiger partial charge in [0.2, 0.25) is 0 Å². The van der Waals surface area contributed by atoms with Crippen molar-refractivity contribution in [3.63, 3.8) is 0 Å². The van der Waals surface area contributed by atoms with E-state index >= 15 is 0 Å². The quantitative estimate of drug-likeness (QED) is 0.792. The van der Waals surface area contributed by atoms with Gasteiger partial charge in [0.05, 0.1) is 0 Å². The third-order valence-corrected chi connectivity index (χ3v) is 2.72. The maximum Gasteiger partial charge on any atom is 0.130 e. The first-order chi connectivity index (χ1) is 8.56. The van der Waals surface area contributed by atoms with Gasteiger partial charge in [-0.1, -0.05) is 17.7 Å². The van der Waals surface area contributed by atoms with E-state index in [0.717, 1.165) is 29.3 Å². The number of ether oxygens (including phenoxy) is 1. The first-order valence-corrected chi connectivity index (χ1v) is 5.70. The summed E-state index contributed by atoms with van der Waals surface area (Å²) in [5.74, 6) is -0.235. The topological polar surface area (TPSA) is 9.23 Å². The van der Waals surface area contributed by atoms with E-state index in [0.29, 0.717) is 5.75 Å². The zero-order valence-electron chi connectivity index (χ0n) is 10.3. The molecule has 0 spiro atoms. The van der Waals surface area contributed by atoms with Crippen molar-refractivity contribution in [2.24, 2.45) is 0 Å². The Bertz CT molecular complexity index is 564. The Morgan fingerprint density at radius 1 is 1.00 bits per heavy atom. The van der Waals surface area contributed by atoms with Gasteiger partial charge in [-0.2, -0.15) is 0 Å². The predicted molar refractivity (Wildman–Crippen MR) is 66.6 cm³/mol. The van der Waals surface area contributed by atoms with Crippen LogP contribution < -0.4 is 4.74 Å². The van der Waals surface area contributed by atoms with Crippen molar-refractivity contribution < 1.29 is 13.5 Å². The summed E-state index contributed by atoms with van der Waals surface area (Å²) in [6.45, 7) is 3.93. The van der Waals surface area contributed by atoms with Crippen molar-refractivity contribution in [3.8, 4) is 5.75 Å². The van der Waals surface area contributed by atoms with Gasteiger partial charge < -0.3 is 4.74 Å². The lowest BCUT2D eigenvalue weighted by Gasteiger charge is -2.10. The molecular formula is C15H14F2O. The molecule has 0 heterocycles. The van der Waals surface area contributed by atoms with Gasteiger partial charge in [0, 0.05) is 5.56 Å². The fourth-order valence-electron chi connectivity index (χ4n) is 1.77. The second-order valence-electron chi connectivity index (χ2n) is 4.29. The van der Waals surface area contributed by atoms with E-state index in [9.17, 15) is 8.78 Å². The molecular weight excluding hydrogens is 234 g/mol. The number of halogens is 2. The van der Waals surface area contributed by atoms with Crippen molar-refractivity contribution in [2.75, 3.05) is 0 Å². The van der Waals surface area contributed by atoms with Gasteiger partial charge >= 0.3 is 0 Å². The molecule has 0 unspecified atom stereocenters. The molecule has 0 atom stereocenters. The molecule has 2 aromatic rings. The first kappa shape index (κ1) is 12.6. The minimum absolute atomic E-state index is 0.0213. The number of hydrogen-bond acceptors (Lipinski definition) is 1. The molecule has 0 saturated heterocycles. The maximum atomic E-state index is 13.4. The third kappa shape index (κ3) is 2.86. The van der Waals surface area contributed by atoms with Crippen LogP contribution >= 0.6 is 0 Å². The van der Waals surface area contributed by atoms with E-state index in [-0.39, 0.29) is 12.2 Å². The van der Waals surface area contributed by atoms with E-state index in [1.54, 1.807) is 0 Å². The maximum absolute atomic E-state index is 13.4. The first-order valence-electron chi connectivity index (χ1n) is 5.70. The Morgan fingerprint density at radius 2 is 1.78 bits per heavy atom. The average molecular weight is 248 g/mol. The number of hydrogen-bond donors (Lipinski definition) is 0. The number of benzene rings is 2. The van der Waals surface area contributed by atoms with Gasteiger partial charge in [0.1, 0.15) is 24.0 Å². The second kappa shape index (κ2) is 5.17. The van der Waals surface area contributed by atoms with Crippen LogP contribution in [-0.4, -0.2) is 0 Å². The molecule has 18 heavy (non-hydrogen) atoms. The van der Waals surface area contributed by atoms with Gasteiger partial charge in [-0.3, -0.25) is 0 Å². The molecule has 94 valence electrons. The standard InChI is InChI=1S/C15H14F2O/c1-10-3-6-15(11(2)7-10)18-9-12-8-13(16)4-5-14(12)17/h3-8H,9H2,1-2H3. The molecule has 1 nitrogen and oxygen atoms in total. The lowest BCUT2D eigenvalue weighted by atomic mass is 10.1. The Balaban J connectivity index is 2.13. The molecule has 0 aliphatic heterocycles. The Hall–Kier alpha value is -1.90. The van der Waals surface area contributed by atoms with Crippen molar-refractivity contribution in [3.05, 3.63) is 64.7 Å².